The predicted octanol–water partition coefficient (Wildman–Crippen LogP) is 2.86. The Labute approximate surface area is 149 Å². The van der Waals surface area contributed by atoms with Crippen molar-refractivity contribution in [3.8, 4) is 0 Å². The third-order valence-corrected chi connectivity index (χ3v) is 4.94. The summed E-state index contributed by atoms with van der Waals surface area (Å²) in [5.74, 6) is 0. The molecule has 0 saturated carbocycles. The van der Waals surface area contributed by atoms with Gasteiger partial charge >= 0.3 is 11.7 Å². The van der Waals surface area contributed by atoms with Gasteiger partial charge in [-0.3, -0.25) is 4.18 Å². The first-order valence-electron chi connectivity index (χ1n) is 7.71. The number of carbonyl (C=O) groups excluding carboxylic acids is 1. The second-order valence-electron chi connectivity index (χ2n) is 5.35. The molecule has 0 saturated heterocycles. The van der Waals surface area contributed by atoms with Crippen LogP contribution in [0.15, 0.2) is 52.2 Å². The Kier molecular flexibility index (Phi) is 4.78. The quantitative estimate of drug-likeness (QED) is 0.468. The van der Waals surface area contributed by atoms with Gasteiger partial charge in [0, 0.05) is 11.4 Å². The largest absolute Gasteiger partial charge is 0.323 e. The van der Waals surface area contributed by atoms with E-state index in [0.717, 1.165) is 0 Å². The number of fused-ring (bicyclic) bond motifs is 1. The fourth-order valence-corrected chi connectivity index (χ4v) is 3.32. The Hall–Kier alpha value is -3.11. The number of H-pyrrole nitrogens is 2. The summed E-state index contributed by atoms with van der Waals surface area (Å²) in [6, 6.07) is 10.5. The van der Waals surface area contributed by atoms with Crippen LogP contribution in [0.25, 0.3) is 11.0 Å². The molecule has 10 heteroatoms. The van der Waals surface area contributed by atoms with Crippen LogP contribution in [0.3, 0.4) is 0 Å². The summed E-state index contributed by atoms with van der Waals surface area (Å²) in [7, 11) is -3.28. The Morgan fingerprint density at radius 1 is 1.08 bits per heavy atom. The van der Waals surface area contributed by atoms with Crippen LogP contribution in [0, 0.1) is 4.78 Å². The Bertz CT molecular complexity index is 1100. The lowest BCUT2D eigenvalue weighted by molar-refractivity contribution is 0.262. The van der Waals surface area contributed by atoms with Crippen molar-refractivity contribution in [1.82, 2.24) is 9.97 Å². The van der Waals surface area contributed by atoms with Gasteiger partial charge in [0.15, 0.2) is 10.0 Å². The number of aromatic nitrogens is 2. The second-order valence-corrected chi connectivity index (χ2v) is 7.07. The molecule has 136 valence electrons. The number of aromatic amines is 2. The fourth-order valence-electron chi connectivity index (χ4n) is 2.36. The maximum atomic E-state index is 12.1. The lowest BCUT2D eigenvalue weighted by Crippen LogP contribution is -2.19. The molecule has 5 N–H and O–H groups in total. The topological polar surface area (TPSA) is 140 Å². The number of rotatable bonds is 5. The van der Waals surface area contributed by atoms with Crippen LogP contribution in [0.4, 0.5) is 16.2 Å². The Morgan fingerprint density at radius 2 is 1.69 bits per heavy atom. The van der Waals surface area contributed by atoms with Gasteiger partial charge in [-0.15, -0.1) is 0 Å². The molecule has 26 heavy (non-hydrogen) atoms. The third kappa shape index (κ3) is 3.92. The minimum Gasteiger partial charge on any atom is -0.308 e. The molecule has 2 aromatic carbocycles. The van der Waals surface area contributed by atoms with Gasteiger partial charge in [0.1, 0.15) is 0 Å². The average Bonchev–Trinajstić information content (AvgIpc) is 2.94. The summed E-state index contributed by atoms with van der Waals surface area (Å²) < 4.78 is 24.6. The number of hydrogen-bond acceptors (Lipinski definition) is 5. The van der Waals surface area contributed by atoms with Crippen molar-refractivity contribution in [3.63, 3.8) is 0 Å². The van der Waals surface area contributed by atoms with E-state index in [1.165, 1.54) is 24.3 Å². The van der Waals surface area contributed by atoms with Crippen LogP contribution in [0.2, 0.25) is 0 Å². The van der Waals surface area contributed by atoms with Crippen LogP contribution in [0.5, 0.6) is 0 Å². The van der Waals surface area contributed by atoms with E-state index in [9.17, 15) is 13.8 Å². The summed E-state index contributed by atoms with van der Waals surface area (Å²) in [5.41, 5.74) is 1.88. The maximum Gasteiger partial charge on any atom is 0.323 e. The molecule has 1 aromatic heterocycles. The molecule has 0 spiro atoms. The van der Waals surface area contributed by atoms with Gasteiger partial charge in [0.25, 0.3) is 0 Å². The molecule has 1 atom stereocenters. The van der Waals surface area contributed by atoms with E-state index >= 15 is 0 Å². The minimum absolute atomic E-state index is 0.168. The van der Waals surface area contributed by atoms with Gasteiger partial charge in [0.05, 0.1) is 22.5 Å². The van der Waals surface area contributed by atoms with Gasteiger partial charge in [0.2, 0.25) is 0 Å². The molecule has 2 amide bonds. The number of nitrogens with one attached hydrogen (secondary N) is 5. The molecule has 0 aliphatic carbocycles. The van der Waals surface area contributed by atoms with Crippen LogP contribution >= 0.6 is 0 Å². The van der Waals surface area contributed by atoms with Crippen LogP contribution in [-0.4, -0.2) is 26.8 Å². The lowest BCUT2D eigenvalue weighted by Gasteiger charge is -2.10. The zero-order valence-electron chi connectivity index (χ0n) is 13.8. The molecule has 1 heterocycles. The number of anilines is 2. The normalized spacial score (nSPS) is 13.3. The molecular weight excluding hydrogens is 358 g/mol. The van der Waals surface area contributed by atoms with E-state index in [1.54, 1.807) is 25.1 Å². The smallest absolute Gasteiger partial charge is 0.308 e. The van der Waals surface area contributed by atoms with Crippen molar-refractivity contribution < 1.29 is 13.2 Å². The van der Waals surface area contributed by atoms with Crippen molar-refractivity contribution in [3.05, 3.63) is 52.9 Å². The monoisotopic (exact) mass is 375 g/mol. The molecule has 0 bridgehead atoms. The number of hydrogen-bond donors (Lipinski definition) is 5. The van der Waals surface area contributed by atoms with Crippen molar-refractivity contribution in [1.29, 1.82) is 4.78 Å². The fraction of sp³-hybridized carbons (Fsp3) is 0.125. The molecular formula is C16H17N5O4S. The summed E-state index contributed by atoms with van der Waals surface area (Å²) >= 11 is 0. The first-order chi connectivity index (χ1) is 12.4. The Morgan fingerprint density at radius 3 is 2.38 bits per heavy atom. The van der Waals surface area contributed by atoms with Crippen molar-refractivity contribution in [2.24, 2.45) is 0 Å². The molecule has 0 fully saturated rings. The molecule has 3 aromatic rings. The van der Waals surface area contributed by atoms with Gasteiger partial charge in [-0.05, 0) is 49.4 Å². The highest BCUT2D eigenvalue weighted by Gasteiger charge is 2.10. The molecule has 0 radical (unpaired) electrons. The highest BCUT2D eigenvalue weighted by Crippen LogP contribution is 2.18. The van der Waals surface area contributed by atoms with E-state index in [2.05, 4.69) is 20.6 Å². The van der Waals surface area contributed by atoms with Gasteiger partial charge in [-0.25, -0.2) is 18.6 Å². The number of amides is 2. The number of carbonyl (C=O) groups is 1. The SMILES string of the molecule is CCOS(=N)(=O)c1ccc(NC(=O)Nc2ccc3[nH]c(=O)[nH]c3c2)cc1. The summed E-state index contributed by atoms with van der Waals surface area (Å²) in [5, 5.41) is 5.28. The van der Waals surface area contributed by atoms with Crippen LogP contribution in [-0.2, 0) is 14.2 Å². The average molecular weight is 375 g/mol. The molecule has 1 unspecified atom stereocenters. The van der Waals surface area contributed by atoms with Gasteiger partial charge in [-0.1, -0.05) is 0 Å². The molecule has 3 rings (SSSR count). The maximum absolute atomic E-state index is 12.1. The zero-order valence-corrected chi connectivity index (χ0v) is 14.6. The van der Waals surface area contributed by atoms with Crippen molar-refractivity contribution in [2.45, 2.75) is 11.8 Å². The first kappa shape index (κ1) is 17.7. The summed E-state index contributed by atoms with van der Waals surface area (Å²) in [4.78, 5) is 28.8. The first-order valence-corrected chi connectivity index (χ1v) is 9.19. The van der Waals surface area contributed by atoms with Gasteiger partial charge in [-0.2, -0.15) is 0 Å². The highest BCUT2D eigenvalue weighted by atomic mass is 32.2. The van der Waals surface area contributed by atoms with Crippen LogP contribution in [0.1, 0.15) is 6.92 Å². The van der Waals surface area contributed by atoms with Crippen molar-refractivity contribution >= 4 is 38.4 Å². The molecule has 0 aliphatic heterocycles. The standard InChI is InChI=1S/C16H17N5O4S/c1-2-25-26(17,24)12-6-3-10(4-7-12)18-15(22)19-11-5-8-13-14(9-11)21-16(23)20-13/h3-9,17H,2H2,1H3,(H2,18,19,22)(H2,20,21,23). The number of imidazole rings is 1. The van der Waals surface area contributed by atoms with E-state index in [1.807, 2.05) is 0 Å². The highest BCUT2D eigenvalue weighted by molar-refractivity contribution is 7.87. The van der Waals surface area contributed by atoms with E-state index in [-0.39, 0.29) is 17.2 Å². The third-order valence-electron chi connectivity index (χ3n) is 3.48. The molecule has 9 nitrogen and oxygen atoms in total. The lowest BCUT2D eigenvalue weighted by atomic mass is 10.3. The summed E-state index contributed by atoms with van der Waals surface area (Å²) in [6.07, 6.45) is 0. The molecule has 0 aliphatic rings. The van der Waals surface area contributed by atoms with Gasteiger partial charge < -0.3 is 20.6 Å². The summed E-state index contributed by atoms with van der Waals surface area (Å²) in [6.45, 7) is 1.83. The van der Waals surface area contributed by atoms with Crippen LogP contribution < -0.4 is 16.3 Å². The van der Waals surface area contributed by atoms with E-state index in [4.69, 9.17) is 8.96 Å². The van der Waals surface area contributed by atoms with Crippen molar-refractivity contribution in [2.75, 3.05) is 17.2 Å². The van der Waals surface area contributed by atoms with E-state index < -0.39 is 16.0 Å². The Balaban J connectivity index is 1.68. The predicted molar refractivity (Wildman–Crippen MR) is 98.8 cm³/mol. The number of urea groups is 1. The minimum atomic E-state index is -3.28. The zero-order chi connectivity index (χ0) is 18.7. The van der Waals surface area contributed by atoms with E-state index in [0.29, 0.717) is 22.4 Å². The number of benzene rings is 2. The second kappa shape index (κ2) is 7.02.